The highest BCUT2D eigenvalue weighted by atomic mass is 19.4. The Morgan fingerprint density at radius 2 is 1.79 bits per heavy atom. The van der Waals surface area contributed by atoms with Crippen molar-refractivity contribution in [3.05, 3.63) is 41.0 Å². The molecule has 0 radical (unpaired) electrons. The van der Waals surface area contributed by atoms with Crippen LogP contribution in [0.25, 0.3) is 11.1 Å². The quantitative estimate of drug-likeness (QED) is 0.774. The lowest BCUT2D eigenvalue weighted by Crippen LogP contribution is -2.48. The number of fused-ring (bicyclic) bond motifs is 2. The molecular formula is C21H20F3NO4. The number of rotatable bonds is 3. The van der Waals surface area contributed by atoms with Crippen LogP contribution in [0.2, 0.25) is 0 Å². The van der Waals surface area contributed by atoms with Crippen molar-refractivity contribution >= 4 is 5.91 Å². The van der Waals surface area contributed by atoms with Crippen molar-refractivity contribution in [1.29, 1.82) is 0 Å². The van der Waals surface area contributed by atoms with Crippen molar-refractivity contribution < 1.29 is 32.2 Å². The van der Waals surface area contributed by atoms with E-state index in [0.717, 1.165) is 32.7 Å². The van der Waals surface area contributed by atoms with Crippen LogP contribution < -0.4 is 14.2 Å². The van der Waals surface area contributed by atoms with Gasteiger partial charge in [-0.15, -0.1) is 0 Å². The zero-order valence-corrected chi connectivity index (χ0v) is 16.2. The van der Waals surface area contributed by atoms with Crippen LogP contribution in [0.4, 0.5) is 13.2 Å². The molecule has 0 bridgehead atoms. The van der Waals surface area contributed by atoms with Gasteiger partial charge in [-0.05, 0) is 41.2 Å². The van der Waals surface area contributed by atoms with Gasteiger partial charge in [0.25, 0.3) is 0 Å². The highest BCUT2D eigenvalue weighted by Crippen LogP contribution is 2.54. The van der Waals surface area contributed by atoms with E-state index in [1.54, 1.807) is 6.07 Å². The molecule has 0 N–H and O–H groups in total. The number of hydrogen-bond donors (Lipinski definition) is 0. The summed E-state index contributed by atoms with van der Waals surface area (Å²) >= 11 is 0. The minimum Gasteiger partial charge on any atom is -0.493 e. The fourth-order valence-corrected chi connectivity index (χ4v) is 4.48. The summed E-state index contributed by atoms with van der Waals surface area (Å²) in [7, 11) is 4.50. The number of alkyl halides is 3. The number of hydrogen-bond acceptors (Lipinski definition) is 4. The van der Waals surface area contributed by atoms with E-state index in [4.69, 9.17) is 14.2 Å². The second kappa shape index (κ2) is 6.86. The Morgan fingerprint density at radius 1 is 1.07 bits per heavy atom. The predicted molar refractivity (Wildman–Crippen MR) is 99.5 cm³/mol. The minimum absolute atomic E-state index is 0.0270. The van der Waals surface area contributed by atoms with Gasteiger partial charge in [-0.3, -0.25) is 4.79 Å². The van der Waals surface area contributed by atoms with Crippen LogP contribution in [-0.4, -0.2) is 44.9 Å². The van der Waals surface area contributed by atoms with E-state index >= 15 is 0 Å². The van der Waals surface area contributed by atoms with Gasteiger partial charge >= 0.3 is 12.1 Å². The molecular weight excluding hydrogens is 387 g/mol. The Hall–Kier alpha value is -2.90. The maximum Gasteiger partial charge on any atom is 0.471 e. The number of ether oxygens (including phenoxy) is 3. The maximum atomic E-state index is 13.2. The van der Waals surface area contributed by atoms with Gasteiger partial charge in [-0.1, -0.05) is 18.2 Å². The van der Waals surface area contributed by atoms with Crippen molar-refractivity contribution in [3.63, 3.8) is 0 Å². The van der Waals surface area contributed by atoms with Crippen LogP contribution >= 0.6 is 0 Å². The molecule has 154 valence electrons. The van der Waals surface area contributed by atoms with E-state index in [1.807, 2.05) is 18.2 Å². The molecule has 5 nitrogen and oxygen atoms in total. The topological polar surface area (TPSA) is 48.0 Å². The number of nitrogens with zero attached hydrogens (tertiary/aromatic N) is 1. The zero-order chi connectivity index (χ0) is 20.9. The van der Waals surface area contributed by atoms with Crippen molar-refractivity contribution in [2.45, 2.75) is 25.1 Å². The van der Waals surface area contributed by atoms with Gasteiger partial charge in [0, 0.05) is 12.1 Å². The van der Waals surface area contributed by atoms with Crippen LogP contribution in [0.15, 0.2) is 24.3 Å². The SMILES string of the molecule is COc1cc2c(c(OC)c1OC)-c1cccc3c1C(C2)N(C(=O)C(F)(F)F)CC3. The third-order valence-electron chi connectivity index (χ3n) is 5.63. The standard InChI is InChI=1S/C21H20F3NO4/c1-27-15-10-12-9-14-16-11(7-8-25(14)20(26)21(22,23)24)5-4-6-13(16)17(12)19(29-3)18(15)28-2/h4-6,10,14H,7-9H2,1-3H3. The lowest BCUT2D eigenvalue weighted by molar-refractivity contribution is -0.188. The van der Waals surface area contributed by atoms with Crippen LogP contribution in [0.5, 0.6) is 17.2 Å². The Labute approximate surface area is 166 Å². The summed E-state index contributed by atoms with van der Waals surface area (Å²) in [6.45, 7) is 0.0270. The summed E-state index contributed by atoms with van der Waals surface area (Å²) in [4.78, 5) is 13.1. The summed E-state index contributed by atoms with van der Waals surface area (Å²) in [5, 5.41) is 0. The molecule has 1 aliphatic carbocycles. The molecule has 1 heterocycles. The van der Waals surface area contributed by atoms with E-state index in [9.17, 15) is 18.0 Å². The number of methoxy groups -OCH3 is 3. The molecule has 0 saturated heterocycles. The molecule has 1 atom stereocenters. The molecule has 8 heteroatoms. The molecule has 4 rings (SSSR count). The fraction of sp³-hybridized carbons (Fsp3) is 0.381. The Balaban J connectivity index is 1.96. The highest BCUT2D eigenvalue weighted by molar-refractivity contribution is 5.87. The number of benzene rings is 2. The van der Waals surface area contributed by atoms with E-state index in [-0.39, 0.29) is 13.0 Å². The van der Waals surface area contributed by atoms with Gasteiger partial charge < -0.3 is 19.1 Å². The van der Waals surface area contributed by atoms with Gasteiger partial charge in [-0.2, -0.15) is 13.2 Å². The number of carbonyl (C=O) groups excluding carboxylic acids is 1. The molecule has 29 heavy (non-hydrogen) atoms. The molecule has 0 saturated carbocycles. The normalized spacial score (nSPS) is 17.3. The molecule has 1 unspecified atom stereocenters. The average Bonchev–Trinajstić information content (AvgIpc) is 2.71. The molecule has 2 aromatic rings. The molecule has 2 aliphatic rings. The molecule has 1 amide bonds. The van der Waals surface area contributed by atoms with Crippen LogP contribution in [-0.2, 0) is 17.6 Å². The summed E-state index contributed by atoms with van der Waals surface area (Å²) < 4.78 is 56.2. The summed E-state index contributed by atoms with van der Waals surface area (Å²) in [5.41, 5.74) is 3.96. The molecule has 1 aliphatic heterocycles. The minimum atomic E-state index is -4.91. The van der Waals surface area contributed by atoms with Crippen molar-refractivity contribution in [3.8, 4) is 28.4 Å². The predicted octanol–water partition coefficient (Wildman–Crippen LogP) is 3.92. The Kier molecular flexibility index (Phi) is 4.59. The number of halogens is 3. The van der Waals surface area contributed by atoms with E-state index in [0.29, 0.717) is 23.7 Å². The lowest BCUT2D eigenvalue weighted by atomic mass is 9.76. The largest absolute Gasteiger partial charge is 0.493 e. The first-order valence-electron chi connectivity index (χ1n) is 9.13. The molecule has 0 aromatic heterocycles. The summed E-state index contributed by atoms with van der Waals surface area (Å²) in [6.07, 6.45) is -4.31. The van der Waals surface area contributed by atoms with Crippen LogP contribution in [0, 0.1) is 0 Å². The van der Waals surface area contributed by atoms with Gasteiger partial charge in [0.05, 0.1) is 27.4 Å². The van der Waals surface area contributed by atoms with Crippen molar-refractivity contribution in [1.82, 2.24) is 4.90 Å². The Morgan fingerprint density at radius 3 is 2.41 bits per heavy atom. The summed E-state index contributed by atoms with van der Waals surface area (Å²) in [5.74, 6) is -0.497. The number of amides is 1. The zero-order valence-electron chi connectivity index (χ0n) is 16.2. The number of carbonyl (C=O) groups is 1. The van der Waals surface area contributed by atoms with Crippen LogP contribution in [0.3, 0.4) is 0 Å². The van der Waals surface area contributed by atoms with Gasteiger partial charge in [-0.25, -0.2) is 0 Å². The second-order valence-electron chi connectivity index (χ2n) is 7.02. The smallest absolute Gasteiger partial charge is 0.471 e. The third kappa shape index (κ3) is 2.89. The second-order valence-corrected chi connectivity index (χ2v) is 7.02. The first kappa shape index (κ1) is 19.4. The van der Waals surface area contributed by atoms with Gasteiger partial charge in [0.2, 0.25) is 5.75 Å². The first-order chi connectivity index (χ1) is 13.8. The monoisotopic (exact) mass is 407 g/mol. The molecule has 0 fully saturated rings. The van der Waals surface area contributed by atoms with Crippen molar-refractivity contribution in [2.75, 3.05) is 27.9 Å². The maximum absolute atomic E-state index is 13.2. The lowest BCUT2D eigenvalue weighted by Gasteiger charge is -2.42. The van der Waals surface area contributed by atoms with Crippen molar-refractivity contribution in [2.24, 2.45) is 0 Å². The van der Waals surface area contributed by atoms with Crippen LogP contribution in [0.1, 0.15) is 22.7 Å². The van der Waals surface area contributed by atoms with Gasteiger partial charge in [0.1, 0.15) is 0 Å². The van der Waals surface area contributed by atoms with E-state index < -0.39 is 18.1 Å². The van der Waals surface area contributed by atoms with E-state index in [1.165, 1.54) is 21.3 Å². The summed E-state index contributed by atoms with van der Waals surface area (Å²) in [6, 6.07) is 6.67. The molecule has 2 aromatic carbocycles. The average molecular weight is 407 g/mol. The highest BCUT2D eigenvalue weighted by Gasteiger charge is 2.48. The Bertz CT molecular complexity index is 987. The van der Waals surface area contributed by atoms with E-state index in [2.05, 4.69) is 0 Å². The fourth-order valence-electron chi connectivity index (χ4n) is 4.48. The van der Waals surface area contributed by atoms with Gasteiger partial charge in [0.15, 0.2) is 11.5 Å². The first-order valence-corrected chi connectivity index (χ1v) is 9.13. The third-order valence-corrected chi connectivity index (χ3v) is 5.63. The molecule has 0 spiro atoms.